The zero-order valence-electron chi connectivity index (χ0n) is 9.68. The van der Waals surface area contributed by atoms with Gasteiger partial charge in [0.25, 0.3) is 0 Å². The first-order chi connectivity index (χ1) is 6.61. The molecule has 2 aliphatic rings. The van der Waals surface area contributed by atoms with Crippen LogP contribution in [0, 0.1) is 10.8 Å². The van der Waals surface area contributed by atoms with Gasteiger partial charge in [0.15, 0.2) is 0 Å². The van der Waals surface area contributed by atoms with E-state index in [1.54, 1.807) is 0 Å². The molecule has 14 heavy (non-hydrogen) atoms. The van der Waals surface area contributed by atoms with Crippen molar-refractivity contribution >= 4 is 0 Å². The quantitative estimate of drug-likeness (QED) is 0.580. The van der Waals surface area contributed by atoms with E-state index in [-0.39, 0.29) is 0 Å². The summed E-state index contributed by atoms with van der Waals surface area (Å²) in [5, 5.41) is 0. The second kappa shape index (κ2) is 3.37. The summed E-state index contributed by atoms with van der Waals surface area (Å²) < 4.78 is 5.80. The van der Waals surface area contributed by atoms with Crippen molar-refractivity contribution in [2.75, 3.05) is 7.11 Å². The van der Waals surface area contributed by atoms with Gasteiger partial charge < -0.3 is 4.74 Å². The predicted octanol–water partition coefficient (Wildman–Crippen LogP) is 3.55. The van der Waals surface area contributed by atoms with Crippen molar-refractivity contribution in [1.29, 1.82) is 0 Å². The Kier molecular flexibility index (Phi) is 2.46. The van der Waals surface area contributed by atoms with E-state index in [2.05, 4.69) is 26.0 Å². The highest BCUT2D eigenvalue weighted by molar-refractivity contribution is 5.10. The lowest BCUT2D eigenvalue weighted by molar-refractivity contribution is -0.111. The fourth-order valence-electron chi connectivity index (χ4n) is 3.69. The van der Waals surface area contributed by atoms with E-state index >= 15 is 0 Å². The van der Waals surface area contributed by atoms with Crippen molar-refractivity contribution < 1.29 is 4.74 Å². The zero-order valence-corrected chi connectivity index (χ0v) is 9.68. The van der Waals surface area contributed by atoms with Gasteiger partial charge in [-0.15, -0.1) is 0 Å². The second-order valence-corrected chi connectivity index (χ2v) is 5.70. The summed E-state index contributed by atoms with van der Waals surface area (Å²) in [6.45, 7) is 4.72. The number of hydrogen-bond donors (Lipinski definition) is 0. The van der Waals surface area contributed by atoms with E-state index in [9.17, 15) is 0 Å². The monoisotopic (exact) mass is 194 g/mol. The molecule has 0 saturated heterocycles. The molecule has 0 aromatic heterocycles. The van der Waals surface area contributed by atoms with Gasteiger partial charge in [-0.05, 0) is 31.1 Å². The molecular formula is C13H22O. The van der Waals surface area contributed by atoms with E-state index < -0.39 is 0 Å². The van der Waals surface area contributed by atoms with Gasteiger partial charge >= 0.3 is 0 Å². The average Bonchev–Trinajstić information content (AvgIpc) is 2.53. The minimum absolute atomic E-state index is 0.360. The maximum absolute atomic E-state index is 5.80. The predicted molar refractivity (Wildman–Crippen MR) is 59.2 cm³/mol. The molecule has 2 aliphatic carbocycles. The van der Waals surface area contributed by atoms with E-state index in [0.717, 1.165) is 0 Å². The molecule has 1 unspecified atom stereocenters. The lowest BCUT2D eigenvalue weighted by atomic mass is 9.60. The van der Waals surface area contributed by atoms with E-state index in [1.165, 1.54) is 32.1 Å². The zero-order chi connectivity index (χ0) is 10.2. The Balaban J connectivity index is 2.23. The molecule has 0 aromatic carbocycles. The average molecular weight is 194 g/mol. The van der Waals surface area contributed by atoms with Crippen LogP contribution in [-0.4, -0.2) is 13.2 Å². The lowest BCUT2D eigenvalue weighted by Crippen LogP contribution is -2.48. The normalized spacial score (nSPS) is 33.8. The number of hydrogen-bond acceptors (Lipinski definition) is 1. The van der Waals surface area contributed by atoms with Gasteiger partial charge in [0.2, 0.25) is 0 Å². The summed E-state index contributed by atoms with van der Waals surface area (Å²) >= 11 is 0. The Bertz CT molecular complexity index is 232. The van der Waals surface area contributed by atoms with Crippen LogP contribution in [0.3, 0.4) is 0 Å². The number of rotatable bonds is 1. The van der Waals surface area contributed by atoms with Gasteiger partial charge in [-0.3, -0.25) is 0 Å². The highest BCUT2D eigenvalue weighted by Crippen LogP contribution is 2.53. The molecule has 0 amide bonds. The molecule has 80 valence electrons. The van der Waals surface area contributed by atoms with Gasteiger partial charge in [-0.25, -0.2) is 0 Å². The summed E-state index contributed by atoms with van der Waals surface area (Å²) in [5.41, 5.74) is 0.801. The summed E-state index contributed by atoms with van der Waals surface area (Å²) in [5.74, 6) is 0. The summed E-state index contributed by atoms with van der Waals surface area (Å²) in [7, 11) is 1.89. The van der Waals surface area contributed by atoms with Crippen LogP contribution in [0.4, 0.5) is 0 Å². The number of allylic oxidation sites excluding steroid dienone is 2. The van der Waals surface area contributed by atoms with Gasteiger partial charge in [0, 0.05) is 12.5 Å². The molecule has 2 rings (SSSR count). The van der Waals surface area contributed by atoms with Crippen molar-refractivity contribution in [2.24, 2.45) is 10.8 Å². The highest BCUT2D eigenvalue weighted by atomic mass is 16.5. The molecule has 0 bridgehead atoms. The van der Waals surface area contributed by atoms with Gasteiger partial charge in [0.1, 0.15) is 0 Å². The minimum Gasteiger partial charge on any atom is -0.380 e. The molecule has 0 N–H and O–H groups in total. The Hall–Kier alpha value is -0.300. The molecule has 1 heteroatoms. The lowest BCUT2D eigenvalue weighted by Gasteiger charge is -2.50. The van der Waals surface area contributed by atoms with Crippen molar-refractivity contribution in [3.63, 3.8) is 0 Å². The van der Waals surface area contributed by atoms with Crippen molar-refractivity contribution in [3.05, 3.63) is 12.2 Å². The third-order valence-electron chi connectivity index (χ3n) is 4.21. The van der Waals surface area contributed by atoms with Crippen LogP contribution in [0.2, 0.25) is 0 Å². The maximum Gasteiger partial charge on any atom is 0.0684 e. The second-order valence-electron chi connectivity index (χ2n) is 5.70. The summed E-state index contributed by atoms with van der Waals surface area (Å²) in [6, 6.07) is 0. The first-order valence-electron chi connectivity index (χ1n) is 5.79. The van der Waals surface area contributed by atoms with Crippen LogP contribution in [0.5, 0.6) is 0 Å². The molecule has 0 heterocycles. The molecule has 0 aromatic rings. The van der Waals surface area contributed by atoms with Crippen LogP contribution in [0.25, 0.3) is 0 Å². The molecule has 1 spiro atoms. The smallest absolute Gasteiger partial charge is 0.0684 e. The van der Waals surface area contributed by atoms with Crippen LogP contribution in [0.15, 0.2) is 12.2 Å². The molecule has 1 atom stereocenters. The van der Waals surface area contributed by atoms with Crippen LogP contribution in [-0.2, 0) is 4.74 Å². The Morgan fingerprint density at radius 1 is 1.14 bits per heavy atom. The molecule has 0 radical (unpaired) electrons. The first kappa shape index (κ1) is 10.2. The largest absolute Gasteiger partial charge is 0.380 e. The Labute approximate surface area is 87.5 Å². The maximum atomic E-state index is 5.80. The fraction of sp³-hybridized carbons (Fsp3) is 0.846. The third-order valence-corrected chi connectivity index (χ3v) is 4.21. The van der Waals surface area contributed by atoms with Gasteiger partial charge in [-0.2, -0.15) is 0 Å². The van der Waals surface area contributed by atoms with E-state index in [1.807, 2.05) is 7.11 Å². The molecule has 1 saturated carbocycles. The van der Waals surface area contributed by atoms with Crippen molar-refractivity contribution in [2.45, 2.75) is 52.1 Å². The topological polar surface area (TPSA) is 9.23 Å². The van der Waals surface area contributed by atoms with Gasteiger partial charge in [-0.1, -0.05) is 32.4 Å². The minimum atomic E-state index is 0.360. The van der Waals surface area contributed by atoms with E-state index in [0.29, 0.717) is 16.9 Å². The summed E-state index contributed by atoms with van der Waals surface area (Å²) in [6.07, 6.45) is 11.6. The van der Waals surface area contributed by atoms with Gasteiger partial charge in [0.05, 0.1) is 6.10 Å². The van der Waals surface area contributed by atoms with Crippen LogP contribution >= 0.6 is 0 Å². The fourth-order valence-corrected chi connectivity index (χ4v) is 3.69. The summed E-state index contributed by atoms with van der Waals surface area (Å²) in [4.78, 5) is 0. The van der Waals surface area contributed by atoms with E-state index in [4.69, 9.17) is 4.74 Å². The van der Waals surface area contributed by atoms with Crippen LogP contribution in [0.1, 0.15) is 46.0 Å². The molecule has 0 aliphatic heterocycles. The van der Waals surface area contributed by atoms with Crippen molar-refractivity contribution in [1.82, 2.24) is 0 Å². The molecule has 1 nitrogen and oxygen atoms in total. The molecule has 1 fully saturated rings. The van der Waals surface area contributed by atoms with Crippen LogP contribution < -0.4 is 0 Å². The Morgan fingerprint density at radius 3 is 2.36 bits per heavy atom. The third kappa shape index (κ3) is 1.42. The SMILES string of the molecule is COC1C(C)(C)CCCC12CC=CC2. The van der Waals surface area contributed by atoms with Crippen molar-refractivity contribution in [3.8, 4) is 0 Å². The first-order valence-corrected chi connectivity index (χ1v) is 5.79. The highest BCUT2D eigenvalue weighted by Gasteiger charge is 2.49. The molecular weight excluding hydrogens is 172 g/mol. The number of ether oxygens (including phenoxy) is 1. The number of methoxy groups -OCH3 is 1. The Morgan fingerprint density at radius 2 is 1.79 bits per heavy atom. The standard InChI is InChI=1S/C13H22O/c1-12(2)7-6-10-13(11(12)14-3)8-4-5-9-13/h4-5,11H,6-10H2,1-3H3.